The molecule has 1 saturated heterocycles. The van der Waals surface area contributed by atoms with E-state index < -0.39 is 0 Å². The molecule has 1 aromatic rings. The van der Waals surface area contributed by atoms with E-state index in [2.05, 4.69) is 4.90 Å². The van der Waals surface area contributed by atoms with Crippen molar-refractivity contribution in [1.82, 2.24) is 4.90 Å². The summed E-state index contributed by atoms with van der Waals surface area (Å²) in [5.41, 5.74) is 5.79. The molecule has 0 radical (unpaired) electrons. The molecule has 0 unspecified atom stereocenters. The molecule has 1 aliphatic heterocycles. The van der Waals surface area contributed by atoms with Gasteiger partial charge in [0.2, 0.25) is 5.91 Å². The lowest BCUT2D eigenvalue weighted by atomic mass is 9.93. The second-order valence-electron chi connectivity index (χ2n) is 5.29. The molecule has 108 valence electrons. The average molecular weight is 295 g/mol. The summed E-state index contributed by atoms with van der Waals surface area (Å²) in [7, 11) is 0. The number of primary amides is 1. The van der Waals surface area contributed by atoms with Crippen molar-refractivity contribution in [2.45, 2.75) is 19.3 Å². The second-order valence-corrected chi connectivity index (χ2v) is 5.70. The Morgan fingerprint density at radius 2 is 1.90 bits per heavy atom. The number of carbonyl (C=O) groups excluding carboxylic acids is 2. The predicted octanol–water partition coefficient (Wildman–Crippen LogP) is 2.11. The molecule has 0 spiro atoms. The van der Waals surface area contributed by atoms with E-state index in [1.54, 1.807) is 12.1 Å². The van der Waals surface area contributed by atoms with Crippen LogP contribution < -0.4 is 5.73 Å². The maximum atomic E-state index is 12.2. The standard InChI is InChI=1S/C15H19ClN2O2/c16-13-4-2-1-3-12(13)14(19)10-18-7-5-11(6-8-18)9-15(17)20/h1-4,11H,5-10H2,(H2,17,20). The zero-order valence-electron chi connectivity index (χ0n) is 11.3. The van der Waals surface area contributed by atoms with Crippen molar-refractivity contribution in [3.05, 3.63) is 34.9 Å². The molecular weight excluding hydrogens is 276 g/mol. The number of rotatable bonds is 5. The van der Waals surface area contributed by atoms with Crippen LogP contribution in [0.1, 0.15) is 29.6 Å². The lowest BCUT2D eigenvalue weighted by molar-refractivity contribution is -0.119. The topological polar surface area (TPSA) is 63.4 Å². The molecule has 4 nitrogen and oxygen atoms in total. The van der Waals surface area contributed by atoms with E-state index in [0.717, 1.165) is 25.9 Å². The van der Waals surface area contributed by atoms with Gasteiger partial charge in [0.25, 0.3) is 0 Å². The smallest absolute Gasteiger partial charge is 0.217 e. The molecule has 1 aliphatic rings. The summed E-state index contributed by atoms with van der Waals surface area (Å²) in [6.07, 6.45) is 2.28. The normalized spacial score (nSPS) is 17.1. The van der Waals surface area contributed by atoms with E-state index in [0.29, 0.717) is 29.5 Å². The van der Waals surface area contributed by atoms with Gasteiger partial charge in [0.15, 0.2) is 5.78 Å². The summed E-state index contributed by atoms with van der Waals surface area (Å²) in [6, 6.07) is 7.12. The first-order chi connectivity index (χ1) is 9.56. The zero-order valence-corrected chi connectivity index (χ0v) is 12.1. The van der Waals surface area contributed by atoms with Crippen LogP contribution in [0.5, 0.6) is 0 Å². The summed E-state index contributed by atoms with van der Waals surface area (Å²) in [6.45, 7) is 2.04. The molecule has 1 aromatic carbocycles. The number of halogens is 1. The first kappa shape index (κ1) is 15.0. The number of likely N-dealkylation sites (tertiary alicyclic amines) is 1. The molecule has 0 saturated carbocycles. The summed E-state index contributed by atoms with van der Waals surface area (Å²) in [5.74, 6) is 0.165. The van der Waals surface area contributed by atoms with Crippen LogP contribution in [0.2, 0.25) is 5.02 Å². The Balaban J connectivity index is 1.85. The highest BCUT2D eigenvalue weighted by Crippen LogP contribution is 2.21. The number of benzene rings is 1. The number of piperidine rings is 1. The molecule has 0 bridgehead atoms. The van der Waals surface area contributed by atoms with Crippen molar-refractivity contribution in [3.8, 4) is 0 Å². The Morgan fingerprint density at radius 3 is 2.50 bits per heavy atom. The molecule has 20 heavy (non-hydrogen) atoms. The lowest BCUT2D eigenvalue weighted by Crippen LogP contribution is -2.38. The average Bonchev–Trinajstić information content (AvgIpc) is 2.41. The molecule has 2 N–H and O–H groups in total. The Kier molecular flexibility index (Phi) is 5.15. The summed E-state index contributed by atoms with van der Waals surface area (Å²) >= 11 is 6.03. The first-order valence-corrected chi connectivity index (χ1v) is 7.22. The Hall–Kier alpha value is -1.39. The largest absolute Gasteiger partial charge is 0.370 e. The van der Waals surface area contributed by atoms with Gasteiger partial charge in [0.1, 0.15) is 0 Å². The molecule has 0 atom stereocenters. The molecule has 1 fully saturated rings. The highest BCUT2D eigenvalue weighted by Gasteiger charge is 2.22. The number of carbonyl (C=O) groups is 2. The minimum Gasteiger partial charge on any atom is -0.370 e. The van der Waals surface area contributed by atoms with Crippen molar-refractivity contribution in [3.63, 3.8) is 0 Å². The number of hydrogen-bond donors (Lipinski definition) is 1. The number of ketones is 1. The van der Waals surface area contributed by atoms with Gasteiger partial charge < -0.3 is 5.73 Å². The molecule has 1 amide bonds. The van der Waals surface area contributed by atoms with E-state index in [1.807, 2.05) is 12.1 Å². The number of nitrogens with zero attached hydrogens (tertiary/aromatic N) is 1. The summed E-state index contributed by atoms with van der Waals surface area (Å²) in [5, 5.41) is 0.501. The molecular formula is C15H19ClN2O2. The molecule has 0 aromatic heterocycles. The molecule has 2 rings (SSSR count). The molecule has 5 heteroatoms. The highest BCUT2D eigenvalue weighted by atomic mass is 35.5. The van der Waals surface area contributed by atoms with E-state index in [9.17, 15) is 9.59 Å². The van der Waals surface area contributed by atoms with Crippen molar-refractivity contribution >= 4 is 23.3 Å². The van der Waals surface area contributed by atoms with Gasteiger partial charge in [-0.15, -0.1) is 0 Å². The zero-order chi connectivity index (χ0) is 14.5. The van der Waals surface area contributed by atoms with Crippen molar-refractivity contribution in [2.24, 2.45) is 11.7 Å². The SMILES string of the molecule is NC(=O)CC1CCN(CC(=O)c2ccccc2Cl)CC1. The van der Waals surface area contributed by atoms with Crippen LogP contribution in [-0.4, -0.2) is 36.2 Å². The number of hydrogen-bond acceptors (Lipinski definition) is 3. The van der Waals surface area contributed by atoms with Gasteiger partial charge in [-0.1, -0.05) is 23.7 Å². The number of nitrogens with two attached hydrogens (primary N) is 1. The van der Waals surface area contributed by atoms with Gasteiger partial charge >= 0.3 is 0 Å². The van der Waals surface area contributed by atoms with Gasteiger partial charge in [-0.2, -0.15) is 0 Å². The maximum Gasteiger partial charge on any atom is 0.217 e. The predicted molar refractivity (Wildman–Crippen MR) is 78.8 cm³/mol. The third-order valence-corrected chi connectivity index (χ3v) is 4.07. The van der Waals surface area contributed by atoms with Crippen molar-refractivity contribution < 1.29 is 9.59 Å². The van der Waals surface area contributed by atoms with Crippen LogP contribution in [0.4, 0.5) is 0 Å². The minimum atomic E-state index is -0.240. The maximum absolute atomic E-state index is 12.2. The molecule has 0 aliphatic carbocycles. The summed E-state index contributed by atoms with van der Waals surface area (Å²) in [4.78, 5) is 25.2. The van der Waals surface area contributed by atoms with Crippen LogP contribution in [-0.2, 0) is 4.79 Å². The van der Waals surface area contributed by atoms with Gasteiger partial charge in [-0.25, -0.2) is 0 Å². The third-order valence-electron chi connectivity index (χ3n) is 3.74. The lowest BCUT2D eigenvalue weighted by Gasteiger charge is -2.30. The van der Waals surface area contributed by atoms with Gasteiger partial charge in [-0.05, 0) is 44.0 Å². The van der Waals surface area contributed by atoms with Crippen molar-refractivity contribution in [2.75, 3.05) is 19.6 Å². The Morgan fingerprint density at radius 1 is 1.25 bits per heavy atom. The van der Waals surface area contributed by atoms with Crippen molar-refractivity contribution in [1.29, 1.82) is 0 Å². The van der Waals surface area contributed by atoms with Gasteiger partial charge in [0, 0.05) is 12.0 Å². The fourth-order valence-corrected chi connectivity index (χ4v) is 2.85. The van der Waals surface area contributed by atoms with E-state index in [1.165, 1.54) is 0 Å². The molecule has 1 heterocycles. The van der Waals surface area contributed by atoms with Crippen LogP contribution in [0, 0.1) is 5.92 Å². The monoisotopic (exact) mass is 294 g/mol. The van der Waals surface area contributed by atoms with E-state index in [4.69, 9.17) is 17.3 Å². The second kappa shape index (κ2) is 6.86. The number of Topliss-reactive ketones (excluding diaryl/α,β-unsaturated/α-hetero) is 1. The quantitative estimate of drug-likeness (QED) is 0.846. The third kappa shape index (κ3) is 4.05. The highest BCUT2D eigenvalue weighted by molar-refractivity contribution is 6.34. The Bertz CT molecular complexity index is 496. The minimum absolute atomic E-state index is 0.0453. The van der Waals surface area contributed by atoms with Crippen LogP contribution in [0.3, 0.4) is 0 Å². The van der Waals surface area contributed by atoms with E-state index in [-0.39, 0.29) is 11.7 Å². The Labute approximate surface area is 123 Å². The summed E-state index contributed by atoms with van der Waals surface area (Å²) < 4.78 is 0. The van der Waals surface area contributed by atoms with Gasteiger partial charge in [-0.3, -0.25) is 14.5 Å². The van der Waals surface area contributed by atoms with Gasteiger partial charge in [0.05, 0.1) is 11.6 Å². The number of amides is 1. The first-order valence-electron chi connectivity index (χ1n) is 6.84. The van der Waals surface area contributed by atoms with Crippen LogP contribution in [0.25, 0.3) is 0 Å². The fourth-order valence-electron chi connectivity index (χ4n) is 2.61. The van der Waals surface area contributed by atoms with Crippen LogP contribution >= 0.6 is 11.6 Å². The van der Waals surface area contributed by atoms with Crippen LogP contribution in [0.15, 0.2) is 24.3 Å². The van der Waals surface area contributed by atoms with E-state index >= 15 is 0 Å². The fraction of sp³-hybridized carbons (Fsp3) is 0.467.